The summed E-state index contributed by atoms with van der Waals surface area (Å²) in [5.41, 5.74) is 0.323. The number of aliphatic hydroxyl groups is 1. The Balaban J connectivity index is 2.61. The van der Waals surface area contributed by atoms with Crippen molar-refractivity contribution in [1.29, 1.82) is 0 Å². The van der Waals surface area contributed by atoms with Crippen LogP contribution in [0.4, 0.5) is 10.5 Å². The first-order valence-electron chi connectivity index (χ1n) is 6.61. The first-order valence-corrected chi connectivity index (χ1v) is 6.99. The van der Waals surface area contributed by atoms with E-state index in [-0.39, 0.29) is 28.9 Å². The molecule has 0 atom stereocenters. The smallest absolute Gasteiger partial charge is 0.335 e. The van der Waals surface area contributed by atoms with Gasteiger partial charge in [0, 0.05) is 20.2 Å². The van der Waals surface area contributed by atoms with Gasteiger partial charge in [0.2, 0.25) is 0 Å². The Morgan fingerprint density at radius 2 is 2.00 bits per heavy atom. The zero-order valence-electron chi connectivity index (χ0n) is 11.8. The highest BCUT2D eigenvalue weighted by atomic mass is 35.5. The third-order valence-corrected chi connectivity index (χ3v) is 3.28. The van der Waals surface area contributed by atoms with Gasteiger partial charge in [0.15, 0.2) is 0 Å². The lowest BCUT2D eigenvalue weighted by Gasteiger charge is -2.18. The molecule has 0 saturated heterocycles. The number of aliphatic hydroxyl groups excluding tert-OH is 1. The molecule has 7 heteroatoms. The number of rotatable bonds is 7. The van der Waals surface area contributed by atoms with Crippen LogP contribution in [0.1, 0.15) is 29.6 Å². The van der Waals surface area contributed by atoms with Gasteiger partial charge in [0.25, 0.3) is 0 Å². The lowest BCUT2D eigenvalue weighted by molar-refractivity contribution is 0.0697. The van der Waals surface area contributed by atoms with E-state index in [0.717, 1.165) is 12.8 Å². The lowest BCUT2D eigenvalue weighted by atomic mass is 10.2. The van der Waals surface area contributed by atoms with Crippen LogP contribution in [0.2, 0.25) is 5.02 Å². The Morgan fingerprint density at radius 1 is 1.29 bits per heavy atom. The maximum atomic E-state index is 12.0. The van der Waals surface area contributed by atoms with Crippen LogP contribution in [-0.4, -0.2) is 47.3 Å². The van der Waals surface area contributed by atoms with Crippen LogP contribution in [0.15, 0.2) is 18.2 Å². The minimum Gasteiger partial charge on any atom is -0.478 e. The second-order valence-corrected chi connectivity index (χ2v) is 5.04. The van der Waals surface area contributed by atoms with Gasteiger partial charge in [-0.05, 0) is 37.5 Å². The molecule has 1 aromatic carbocycles. The molecule has 0 aliphatic heterocycles. The maximum Gasteiger partial charge on any atom is 0.335 e. The molecule has 0 saturated carbocycles. The Hall–Kier alpha value is -1.79. The molecule has 21 heavy (non-hydrogen) atoms. The number of benzene rings is 1. The van der Waals surface area contributed by atoms with E-state index in [1.807, 2.05) is 0 Å². The second kappa shape index (κ2) is 8.49. The van der Waals surface area contributed by atoms with Gasteiger partial charge < -0.3 is 20.4 Å². The van der Waals surface area contributed by atoms with Crippen LogP contribution in [0.5, 0.6) is 0 Å². The summed E-state index contributed by atoms with van der Waals surface area (Å²) < 4.78 is 0. The number of carboxylic acid groups (broad SMARTS) is 1. The molecular formula is C14H19ClN2O4. The number of anilines is 1. The third kappa shape index (κ3) is 5.61. The average Bonchev–Trinajstić information content (AvgIpc) is 2.45. The van der Waals surface area contributed by atoms with Crippen molar-refractivity contribution >= 4 is 29.3 Å². The number of carbonyl (C=O) groups is 2. The summed E-state index contributed by atoms with van der Waals surface area (Å²) in [7, 11) is 1.64. The van der Waals surface area contributed by atoms with Crippen molar-refractivity contribution in [3.63, 3.8) is 0 Å². The quantitative estimate of drug-likeness (QED) is 0.675. The number of hydrogen-bond acceptors (Lipinski definition) is 3. The Labute approximate surface area is 128 Å². The fourth-order valence-corrected chi connectivity index (χ4v) is 1.87. The number of urea groups is 1. The number of hydrogen-bond donors (Lipinski definition) is 3. The van der Waals surface area contributed by atoms with Crippen LogP contribution in [-0.2, 0) is 0 Å². The molecule has 3 N–H and O–H groups in total. The molecule has 1 rings (SSSR count). The van der Waals surface area contributed by atoms with Gasteiger partial charge in [-0.1, -0.05) is 11.6 Å². The molecule has 0 aliphatic rings. The number of nitrogens with one attached hydrogen (secondary N) is 1. The average molecular weight is 315 g/mol. The van der Waals surface area contributed by atoms with Crippen LogP contribution < -0.4 is 5.32 Å². The van der Waals surface area contributed by atoms with E-state index < -0.39 is 5.97 Å². The molecule has 2 amide bonds. The van der Waals surface area contributed by atoms with Gasteiger partial charge >= 0.3 is 12.0 Å². The summed E-state index contributed by atoms with van der Waals surface area (Å²) >= 11 is 5.94. The molecular weight excluding hydrogens is 296 g/mol. The summed E-state index contributed by atoms with van der Waals surface area (Å²) in [5, 5.41) is 20.5. The molecule has 0 aliphatic carbocycles. The predicted molar refractivity (Wildman–Crippen MR) is 81.0 cm³/mol. The van der Waals surface area contributed by atoms with Crippen molar-refractivity contribution in [3.05, 3.63) is 28.8 Å². The Kier molecular flexibility index (Phi) is 6.98. The third-order valence-electron chi connectivity index (χ3n) is 2.95. The van der Waals surface area contributed by atoms with Gasteiger partial charge in [0.05, 0.1) is 16.3 Å². The number of nitrogens with zero attached hydrogens (tertiary/aromatic N) is 1. The largest absolute Gasteiger partial charge is 0.478 e. The maximum absolute atomic E-state index is 12.0. The van der Waals surface area contributed by atoms with Crippen molar-refractivity contribution < 1.29 is 19.8 Å². The normalized spacial score (nSPS) is 10.2. The summed E-state index contributed by atoms with van der Waals surface area (Å²) in [6, 6.07) is 3.77. The van der Waals surface area contributed by atoms with Gasteiger partial charge in [-0.25, -0.2) is 9.59 Å². The van der Waals surface area contributed by atoms with E-state index in [2.05, 4.69) is 5.32 Å². The van der Waals surface area contributed by atoms with Crippen LogP contribution in [0.3, 0.4) is 0 Å². The number of halogens is 1. The molecule has 0 spiro atoms. The highest BCUT2D eigenvalue weighted by molar-refractivity contribution is 6.33. The number of amides is 2. The molecule has 0 unspecified atom stereocenters. The van der Waals surface area contributed by atoms with E-state index in [9.17, 15) is 9.59 Å². The SMILES string of the molecule is CN(CCCCCO)C(=O)Nc1cc(C(=O)O)ccc1Cl. The van der Waals surface area contributed by atoms with Crippen LogP contribution in [0.25, 0.3) is 0 Å². The molecule has 0 bridgehead atoms. The first kappa shape index (κ1) is 17.3. The zero-order chi connectivity index (χ0) is 15.8. The van der Waals surface area contributed by atoms with Crippen molar-refractivity contribution in [1.82, 2.24) is 4.90 Å². The van der Waals surface area contributed by atoms with Gasteiger partial charge in [-0.3, -0.25) is 0 Å². The van der Waals surface area contributed by atoms with Crippen LogP contribution in [0, 0.1) is 0 Å². The van der Waals surface area contributed by atoms with E-state index >= 15 is 0 Å². The highest BCUT2D eigenvalue weighted by Crippen LogP contribution is 2.23. The summed E-state index contributed by atoms with van der Waals surface area (Å²) in [6.07, 6.45) is 2.33. The molecule has 116 valence electrons. The molecule has 0 heterocycles. The van der Waals surface area contributed by atoms with E-state index in [1.54, 1.807) is 7.05 Å². The molecule has 0 radical (unpaired) electrons. The molecule has 6 nitrogen and oxygen atoms in total. The first-order chi connectivity index (χ1) is 9.95. The zero-order valence-corrected chi connectivity index (χ0v) is 12.6. The van der Waals surface area contributed by atoms with E-state index in [4.69, 9.17) is 21.8 Å². The summed E-state index contributed by atoms with van der Waals surface area (Å²) in [5.74, 6) is -1.08. The highest BCUT2D eigenvalue weighted by Gasteiger charge is 2.12. The van der Waals surface area contributed by atoms with E-state index in [1.165, 1.54) is 23.1 Å². The minimum atomic E-state index is -1.08. The molecule has 1 aromatic rings. The fourth-order valence-electron chi connectivity index (χ4n) is 1.70. The summed E-state index contributed by atoms with van der Waals surface area (Å²) in [4.78, 5) is 24.4. The van der Waals surface area contributed by atoms with Crippen molar-refractivity contribution in [2.45, 2.75) is 19.3 Å². The van der Waals surface area contributed by atoms with Crippen molar-refractivity contribution in [2.24, 2.45) is 0 Å². The van der Waals surface area contributed by atoms with Crippen LogP contribution >= 0.6 is 11.6 Å². The second-order valence-electron chi connectivity index (χ2n) is 4.64. The Bertz CT molecular complexity index is 508. The molecule has 0 aromatic heterocycles. The lowest BCUT2D eigenvalue weighted by Crippen LogP contribution is -2.32. The topological polar surface area (TPSA) is 89.9 Å². The standard InChI is InChI=1S/C14H19ClN2O4/c1-17(7-3-2-4-8-18)14(21)16-12-9-10(13(19)20)5-6-11(12)15/h5-6,9,18H,2-4,7-8H2,1H3,(H,16,21)(H,19,20). The van der Waals surface area contributed by atoms with Gasteiger partial charge in [0.1, 0.15) is 0 Å². The number of aromatic carboxylic acids is 1. The minimum absolute atomic E-state index is 0.0558. The predicted octanol–water partition coefficient (Wildman–Crippen LogP) is 2.66. The fraction of sp³-hybridized carbons (Fsp3) is 0.429. The van der Waals surface area contributed by atoms with Gasteiger partial charge in [-0.2, -0.15) is 0 Å². The monoisotopic (exact) mass is 314 g/mol. The molecule has 0 fully saturated rings. The summed E-state index contributed by atoms with van der Waals surface area (Å²) in [6.45, 7) is 0.690. The number of carboxylic acids is 1. The van der Waals surface area contributed by atoms with Gasteiger partial charge in [-0.15, -0.1) is 0 Å². The van der Waals surface area contributed by atoms with E-state index in [0.29, 0.717) is 13.0 Å². The number of carbonyl (C=O) groups excluding carboxylic acids is 1. The Morgan fingerprint density at radius 3 is 2.62 bits per heavy atom. The van der Waals surface area contributed by atoms with Crippen molar-refractivity contribution in [2.75, 3.05) is 25.5 Å². The van der Waals surface area contributed by atoms with Crippen molar-refractivity contribution in [3.8, 4) is 0 Å². The number of unbranched alkanes of at least 4 members (excludes halogenated alkanes) is 2.